The summed E-state index contributed by atoms with van der Waals surface area (Å²) in [6.45, 7) is 2.84. The molecule has 0 saturated heterocycles. The second-order valence-electron chi connectivity index (χ2n) is 6.92. The number of aromatic nitrogens is 4. The van der Waals surface area contributed by atoms with Crippen LogP contribution in [0.4, 0.5) is 5.69 Å². The average molecular weight is 473 g/mol. The van der Waals surface area contributed by atoms with E-state index in [2.05, 4.69) is 9.97 Å². The first-order chi connectivity index (χ1) is 15.6. The third kappa shape index (κ3) is 4.53. The van der Waals surface area contributed by atoms with Gasteiger partial charge in [0.2, 0.25) is 0 Å². The molecular weight excluding hydrogens is 454 g/mol. The van der Waals surface area contributed by atoms with E-state index in [9.17, 15) is 29.3 Å². The number of Topliss-reactive ketones (excluding diaryl/α,β-unsaturated/α-hetero) is 1. The smallest absolute Gasteiger partial charge is 0.332 e. The number of benzene rings is 1. The Morgan fingerprint density at radius 2 is 1.91 bits per heavy atom. The summed E-state index contributed by atoms with van der Waals surface area (Å²) >= 11 is 0.693. The predicted molar refractivity (Wildman–Crippen MR) is 119 cm³/mol. The highest BCUT2D eigenvalue weighted by Gasteiger charge is 2.29. The number of hydrogen-bond donors (Lipinski definition) is 0. The molecule has 13 heteroatoms. The fraction of sp³-hybridized carbons (Fsp3) is 0.300. The van der Waals surface area contributed by atoms with Crippen molar-refractivity contribution in [1.82, 2.24) is 19.1 Å². The number of rotatable bonds is 7. The van der Waals surface area contributed by atoms with E-state index in [1.807, 2.05) is 0 Å². The number of carbonyl (C=O) groups excluding carboxylic acids is 2. The standard InChI is InChI=1S/C20H19N5O7S/c1-5-32-19(28)14(10(2)26)33-17-13-16(23(3)20(29)24(4)18(13)27)21-15(22-17)11-7-6-8-12(9-11)25(30)31/h6-9,14H,5H2,1-4H3. The van der Waals surface area contributed by atoms with E-state index < -0.39 is 33.2 Å². The van der Waals surface area contributed by atoms with Crippen molar-refractivity contribution in [3.05, 3.63) is 55.2 Å². The summed E-state index contributed by atoms with van der Waals surface area (Å²) in [4.78, 5) is 69.2. The first-order valence-electron chi connectivity index (χ1n) is 9.63. The van der Waals surface area contributed by atoms with Crippen LogP contribution >= 0.6 is 11.8 Å². The second-order valence-corrected chi connectivity index (χ2v) is 8.02. The van der Waals surface area contributed by atoms with Gasteiger partial charge in [0.1, 0.15) is 10.4 Å². The molecule has 0 saturated carbocycles. The van der Waals surface area contributed by atoms with Gasteiger partial charge >= 0.3 is 11.7 Å². The molecular formula is C20H19N5O7S. The van der Waals surface area contributed by atoms with Gasteiger partial charge in [-0.2, -0.15) is 0 Å². The molecule has 0 radical (unpaired) electrons. The number of hydrogen-bond acceptors (Lipinski definition) is 10. The lowest BCUT2D eigenvalue weighted by atomic mass is 10.2. The summed E-state index contributed by atoms with van der Waals surface area (Å²) in [7, 11) is 2.68. The molecule has 0 amide bonds. The Balaban J connectivity index is 2.35. The van der Waals surface area contributed by atoms with Crippen LogP contribution in [0.3, 0.4) is 0 Å². The van der Waals surface area contributed by atoms with E-state index in [1.165, 1.54) is 45.3 Å². The molecule has 0 fully saturated rings. The van der Waals surface area contributed by atoms with Crippen molar-refractivity contribution < 1.29 is 19.2 Å². The lowest BCUT2D eigenvalue weighted by molar-refractivity contribution is -0.384. The third-order valence-electron chi connectivity index (χ3n) is 4.68. The number of thioether (sulfide) groups is 1. The van der Waals surface area contributed by atoms with E-state index in [-0.39, 0.29) is 39.7 Å². The molecule has 33 heavy (non-hydrogen) atoms. The Morgan fingerprint density at radius 3 is 2.52 bits per heavy atom. The van der Waals surface area contributed by atoms with Crippen LogP contribution < -0.4 is 11.2 Å². The first kappa shape index (κ1) is 23.8. The molecule has 0 bridgehead atoms. The van der Waals surface area contributed by atoms with E-state index in [4.69, 9.17) is 4.74 Å². The number of carbonyl (C=O) groups is 2. The summed E-state index contributed by atoms with van der Waals surface area (Å²) < 4.78 is 6.94. The fourth-order valence-electron chi connectivity index (χ4n) is 3.03. The average Bonchev–Trinajstić information content (AvgIpc) is 2.79. The van der Waals surface area contributed by atoms with Gasteiger partial charge in [0.15, 0.2) is 22.5 Å². The van der Waals surface area contributed by atoms with Gasteiger partial charge in [-0.25, -0.2) is 14.8 Å². The number of non-ortho nitro benzene ring substituents is 1. The number of aryl methyl sites for hydroxylation is 1. The molecule has 3 rings (SSSR count). The molecule has 3 aromatic rings. The molecule has 0 aliphatic rings. The van der Waals surface area contributed by atoms with Crippen LogP contribution in [0, 0.1) is 10.1 Å². The van der Waals surface area contributed by atoms with Gasteiger partial charge in [-0.1, -0.05) is 23.9 Å². The van der Waals surface area contributed by atoms with Crippen molar-refractivity contribution in [2.45, 2.75) is 24.1 Å². The van der Waals surface area contributed by atoms with Crippen molar-refractivity contribution in [3.8, 4) is 11.4 Å². The molecule has 0 N–H and O–H groups in total. The fourth-order valence-corrected chi connectivity index (χ4v) is 4.02. The summed E-state index contributed by atoms with van der Waals surface area (Å²) in [6, 6.07) is 5.49. The van der Waals surface area contributed by atoms with E-state index >= 15 is 0 Å². The number of nitro benzene ring substituents is 1. The van der Waals surface area contributed by atoms with Crippen molar-refractivity contribution in [3.63, 3.8) is 0 Å². The Labute approximate surface area is 190 Å². The Kier molecular flexibility index (Phi) is 6.72. The van der Waals surface area contributed by atoms with Crippen molar-refractivity contribution >= 4 is 40.2 Å². The van der Waals surface area contributed by atoms with E-state index in [0.717, 1.165) is 9.13 Å². The Morgan fingerprint density at radius 1 is 1.21 bits per heavy atom. The number of nitro groups is 1. The SMILES string of the molecule is CCOC(=O)C(Sc1nc(-c2cccc([N+](=O)[O-])c2)nc2c1c(=O)n(C)c(=O)n2C)C(C)=O. The monoisotopic (exact) mass is 473 g/mol. The Hall–Kier alpha value is -3.87. The van der Waals surface area contributed by atoms with Gasteiger partial charge in [-0.15, -0.1) is 0 Å². The minimum absolute atomic E-state index is 0.0249. The van der Waals surface area contributed by atoms with Crippen molar-refractivity contribution in [2.24, 2.45) is 14.1 Å². The summed E-state index contributed by atoms with van der Waals surface area (Å²) in [5.41, 5.74) is -1.38. The van der Waals surface area contributed by atoms with Gasteiger partial charge in [0.25, 0.3) is 11.2 Å². The zero-order valence-electron chi connectivity index (χ0n) is 18.1. The van der Waals surface area contributed by atoms with Gasteiger partial charge in [-0.3, -0.25) is 33.6 Å². The molecule has 2 aromatic heterocycles. The van der Waals surface area contributed by atoms with Crippen LogP contribution in [0.2, 0.25) is 0 Å². The molecule has 2 heterocycles. The van der Waals surface area contributed by atoms with Crippen LogP contribution in [0.25, 0.3) is 22.4 Å². The lowest BCUT2D eigenvalue weighted by Gasteiger charge is -2.15. The quantitative estimate of drug-likeness (QED) is 0.122. The summed E-state index contributed by atoms with van der Waals surface area (Å²) in [5, 5.41) is 9.76. The molecule has 1 aromatic carbocycles. The van der Waals surface area contributed by atoms with Crippen LogP contribution in [-0.4, -0.2) is 47.6 Å². The highest BCUT2D eigenvalue weighted by Crippen LogP contribution is 2.31. The number of esters is 1. The molecule has 1 atom stereocenters. The van der Waals surface area contributed by atoms with Gasteiger partial charge in [0, 0.05) is 31.8 Å². The minimum Gasteiger partial charge on any atom is -0.465 e. The number of nitrogens with zero attached hydrogens (tertiary/aromatic N) is 5. The topological polar surface area (TPSA) is 156 Å². The summed E-state index contributed by atoms with van der Waals surface area (Å²) in [6.07, 6.45) is 0. The third-order valence-corrected chi connectivity index (χ3v) is 5.96. The zero-order chi connectivity index (χ0) is 24.4. The van der Waals surface area contributed by atoms with E-state index in [1.54, 1.807) is 6.92 Å². The highest BCUT2D eigenvalue weighted by molar-refractivity contribution is 8.01. The molecule has 1 unspecified atom stereocenters. The van der Waals surface area contributed by atoms with E-state index in [0.29, 0.717) is 11.8 Å². The molecule has 172 valence electrons. The van der Waals surface area contributed by atoms with Crippen LogP contribution in [0.1, 0.15) is 13.8 Å². The number of ketones is 1. The molecule has 0 aliphatic heterocycles. The Bertz CT molecular complexity index is 1410. The first-order valence-corrected chi connectivity index (χ1v) is 10.5. The van der Waals surface area contributed by atoms with Gasteiger partial charge in [-0.05, 0) is 13.8 Å². The lowest BCUT2D eigenvalue weighted by Crippen LogP contribution is -2.38. The number of ether oxygens (including phenoxy) is 1. The highest BCUT2D eigenvalue weighted by atomic mass is 32.2. The normalized spacial score (nSPS) is 11.9. The maximum Gasteiger partial charge on any atom is 0.332 e. The van der Waals surface area contributed by atoms with Crippen LogP contribution in [0.5, 0.6) is 0 Å². The van der Waals surface area contributed by atoms with Gasteiger partial charge in [0.05, 0.1) is 11.5 Å². The van der Waals surface area contributed by atoms with Crippen LogP contribution in [-0.2, 0) is 28.4 Å². The molecule has 0 spiro atoms. The maximum atomic E-state index is 12.9. The maximum absolute atomic E-state index is 12.9. The minimum atomic E-state index is -1.32. The van der Waals surface area contributed by atoms with Gasteiger partial charge < -0.3 is 4.74 Å². The summed E-state index contributed by atoms with van der Waals surface area (Å²) in [5.74, 6) is -1.35. The van der Waals surface area contributed by atoms with Crippen molar-refractivity contribution in [1.29, 1.82) is 0 Å². The largest absolute Gasteiger partial charge is 0.465 e. The van der Waals surface area contributed by atoms with Crippen molar-refractivity contribution in [2.75, 3.05) is 6.61 Å². The predicted octanol–water partition coefficient (Wildman–Crippen LogP) is 1.22. The number of fused-ring (bicyclic) bond motifs is 1. The molecule has 0 aliphatic carbocycles. The molecule has 12 nitrogen and oxygen atoms in total. The second kappa shape index (κ2) is 9.32. The zero-order valence-corrected chi connectivity index (χ0v) is 18.9. The van der Waals surface area contributed by atoms with Crippen LogP contribution in [0.15, 0.2) is 38.9 Å².